The standard InChI is InChI=1S/C19H15BrFNO3/c1-10-3-5-12-14(7-10)19(25)22(2)16(9-17(23)24)18(12)13-6-4-11(20)8-15(13)21/h3-8H,9H2,1-2H3,(H,23,24). The molecule has 3 rings (SSSR count). The molecular weight excluding hydrogens is 389 g/mol. The Labute approximate surface area is 151 Å². The van der Waals surface area contributed by atoms with Crippen LogP contribution < -0.4 is 5.56 Å². The van der Waals surface area contributed by atoms with Crippen molar-refractivity contribution in [2.75, 3.05) is 0 Å². The van der Waals surface area contributed by atoms with Crippen LogP contribution in [0.5, 0.6) is 0 Å². The molecule has 0 radical (unpaired) electrons. The third kappa shape index (κ3) is 3.09. The van der Waals surface area contributed by atoms with Gasteiger partial charge < -0.3 is 9.67 Å². The minimum Gasteiger partial charge on any atom is -0.481 e. The summed E-state index contributed by atoms with van der Waals surface area (Å²) in [5, 5.41) is 10.3. The monoisotopic (exact) mass is 403 g/mol. The molecule has 2 aromatic carbocycles. The largest absolute Gasteiger partial charge is 0.481 e. The molecule has 0 unspecified atom stereocenters. The number of hydrogen-bond acceptors (Lipinski definition) is 2. The van der Waals surface area contributed by atoms with E-state index in [-0.39, 0.29) is 23.2 Å². The van der Waals surface area contributed by atoms with Crippen molar-refractivity contribution in [3.8, 4) is 11.1 Å². The van der Waals surface area contributed by atoms with Crippen LogP contribution >= 0.6 is 15.9 Å². The van der Waals surface area contributed by atoms with Crippen LogP contribution in [0.15, 0.2) is 45.7 Å². The third-order valence-corrected chi connectivity index (χ3v) is 4.69. The topological polar surface area (TPSA) is 59.3 Å². The highest BCUT2D eigenvalue weighted by Crippen LogP contribution is 2.34. The second-order valence-electron chi connectivity index (χ2n) is 5.93. The Bertz CT molecular complexity index is 1070. The Hall–Kier alpha value is -2.47. The molecule has 25 heavy (non-hydrogen) atoms. The van der Waals surface area contributed by atoms with E-state index in [0.717, 1.165) is 5.56 Å². The first kappa shape index (κ1) is 17.4. The van der Waals surface area contributed by atoms with Crippen molar-refractivity contribution < 1.29 is 14.3 Å². The maximum Gasteiger partial charge on any atom is 0.309 e. The van der Waals surface area contributed by atoms with Gasteiger partial charge in [0.2, 0.25) is 0 Å². The lowest BCUT2D eigenvalue weighted by Crippen LogP contribution is -2.24. The molecule has 0 saturated carbocycles. The second-order valence-corrected chi connectivity index (χ2v) is 6.85. The molecule has 1 N–H and O–H groups in total. The van der Waals surface area contributed by atoms with Crippen LogP contribution in [0.3, 0.4) is 0 Å². The number of halogens is 2. The first-order chi connectivity index (χ1) is 11.8. The SMILES string of the molecule is Cc1ccc2c(-c3ccc(Br)cc3F)c(CC(=O)O)n(C)c(=O)c2c1. The first-order valence-electron chi connectivity index (χ1n) is 7.59. The maximum atomic E-state index is 14.6. The predicted molar refractivity (Wildman–Crippen MR) is 98.4 cm³/mol. The van der Waals surface area contributed by atoms with Crippen molar-refractivity contribution in [2.24, 2.45) is 7.05 Å². The molecule has 0 aliphatic rings. The molecule has 0 aliphatic carbocycles. The minimum absolute atomic E-state index is 0.268. The number of fused-ring (bicyclic) bond motifs is 1. The van der Waals surface area contributed by atoms with E-state index in [2.05, 4.69) is 15.9 Å². The summed E-state index contributed by atoms with van der Waals surface area (Å²) in [6, 6.07) is 9.91. The van der Waals surface area contributed by atoms with Gasteiger partial charge in [-0.15, -0.1) is 0 Å². The van der Waals surface area contributed by atoms with Crippen LogP contribution in [-0.4, -0.2) is 15.6 Å². The van der Waals surface area contributed by atoms with E-state index in [0.29, 0.717) is 20.8 Å². The number of benzene rings is 2. The number of carboxylic acid groups (broad SMARTS) is 1. The molecule has 0 atom stereocenters. The van der Waals surface area contributed by atoms with Gasteiger partial charge in [0.15, 0.2) is 0 Å². The van der Waals surface area contributed by atoms with E-state index in [4.69, 9.17) is 0 Å². The number of aryl methyl sites for hydroxylation is 1. The van der Waals surface area contributed by atoms with E-state index in [1.807, 2.05) is 13.0 Å². The average Bonchev–Trinajstić information content (AvgIpc) is 2.54. The third-order valence-electron chi connectivity index (χ3n) is 4.19. The number of hydrogen-bond donors (Lipinski definition) is 1. The van der Waals surface area contributed by atoms with Gasteiger partial charge in [-0.25, -0.2) is 4.39 Å². The van der Waals surface area contributed by atoms with Gasteiger partial charge in [0.1, 0.15) is 5.82 Å². The number of aromatic nitrogens is 1. The van der Waals surface area contributed by atoms with E-state index in [1.165, 1.54) is 17.7 Å². The number of rotatable bonds is 3. The fourth-order valence-corrected chi connectivity index (χ4v) is 3.36. The molecule has 0 aliphatic heterocycles. The zero-order valence-corrected chi connectivity index (χ0v) is 15.2. The average molecular weight is 404 g/mol. The predicted octanol–water partition coefficient (Wildman–Crippen LogP) is 4.04. The summed E-state index contributed by atoms with van der Waals surface area (Å²) in [7, 11) is 1.52. The molecule has 0 bridgehead atoms. The van der Waals surface area contributed by atoms with Crippen LogP contribution in [0.1, 0.15) is 11.3 Å². The fourth-order valence-electron chi connectivity index (χ4n) is 3.02. The van der Waals surface area contributed by atoms with Crippen molar-refractivity contribution in [1.82, 2.24) is 4.57 Å². The summed E-state index contributed by atoms with van der Waals surface area (Å²) < 4.78 is 16.5. The van der Waals surface area contributed by atoms with Gasteiger partial charge in [0.25, 0.3) is 5.56 Å². The minimum atomic E-state index is -1.08. The number of carboxylic acids is 1. The summed E-state index contributed by atoms with van der Waals surface area (Å²) in [6.45, 7) is 1.87. The van der Waals surface area contributed by atoms with E-state index in [9.17, 15) is 19.1 Å². The number of aliphatic carboxylic acids is 1. The zero-order chi connectivity index (χ0) is 18.3. The highest BCUT2D eigenvalue weighted by molar-refractivity contribution is 9.10. The summed E-state index contributed by atoms with van der Waals surface area (Å²) in [5.74, 6) is -1.57. The Morgan fingerprint density at radius 3 is 2.56 bits per heavy atom. The van der Waals surface area contributed by atoms with Gasteiger partial charge in [-0.1, -0.05) is 39.7 Å². The molecule has 6 heteroatoms. The molecule has 0 amide bonds. The van der Waals surface area contributed by atoms with Gasteiger partial charge in [-0.05, 0) is 30.5 Å². The van der Waals surface area contributed by atoms with Crippen LogP contribution in [0.25, 0.3) is 21.9 Å². The lowest BCUT2D eigenvalue weighted by Gasteiger charge is -2.17. The summed E-state index contributed by atoms with van der Waals surface area (Å²) >= 11 is 3.22. The number of pyridine rings is 1. The van der Waals surface area contributed by atoms with Crippen molar-refractivity contribution in [2.45, 2.75) is 13.3 Å². The zero-order valence-electron chi connectivity index (χ0n) is 13.6. The number of nitrogens with zero attached hydrogens (tertiary/aromatic N) is 1. The maximum absolute atomic E-state index is 14.6. The second kappa shape index (κ2) is 6.44. The van der Waals surface area contributed by atoms with Crippen LogP contribution in [0.2, 0.25) is 0 Å². The van der Waals surface area contributed by atoms with E-state index in [1.54, 1.807) is 24.3 Å². The molecule has 1 heterocycles. The van der Waals surface area contributed by atoms with Gasteiger partial charge in [-0.2, -0.15) is 0 Å². The lowest BCUT2D eigenvalue weighted by atomic mass is 9.94. The van der Waals surface area contributed by atoms with Gasteiger partial charge in [0.05, 0.1) is 6.42 Å². The molecule has 128 valence electrons. The smallest absolute Gasteiger partial charge is 0.309 e. The molecule has 4 nitrogen and oxygen atoms in total. The first-order valence-corrected chi connectivity index (χ1v) is 8.38. The number of carbonyl (C=O) groups is 1. The lowest BCUT2D eigenvalue weighted by molar-refractivity contribution is -0.136. The van der Waals surface area contributed by atoms with Crippen LogP contribution in [0, 0.1) is 12.7 Å². The highest BCUT2D eigenvalue weighted by atomic mass is 79.9. The van der Waals surface area contributed by atoms with Crippen molar-refractivity contribution in [1.29, 1.82) is 0 Å². The van der Waals surface area contributed by atoms with E-state index >= 15 is 0 Å². The van der Waals surface area contributed by atoms with Gasteiger partial charge >= 0.3 is 5.97 Å². The Balaban J connectivity index is 2.51. The van der Waals surface area contributed by atoms with Crippen molar-refractivity contribution in [3.63, 3.8) is 0 Å². The summed E-state index contributed by atoms with van der Waals surface area (Å²) in [4.78, 5) is 24.0. The summed E-state index contributed by atoms with van der Waals surface area (Å²) in [5.41, 5.74) is 1.58. The quantitative estimate of drug-likeness (QED) is 0.717. The molecule has 1 aromatic heterocycles. The van der Waals surface area contributed by atoms with E-state index < -0.39 is 11.8 Å². The summed E-state index contributed by atoms with van der Waals surface area (Å²) in [6.07, 6.45) is -0.375. The van der Waals surface area contributed by atoms with Crippen molar-refractivity contribution >= 4 is 32.7 Å². The molecule has 0 fully saturated rings. The molecular formula is C19H15BrFNO3. The Morgan fingerprint density at radius 2 is 1.92 bits per heavy atom. The Morgan fingerprint density at radius 1 is 1.20 bits per heavy atom. The molecule has 0 saturated heterocycles. The Kier molecular flexibility index (Phi) is 4.47. The van der Waals surface area contributed by atoms with Crippen molar-refractivity contribution in [3.05, 3.63) is 68.3 Å². The molecule has 0 spiro atoms. The van der Waals surface area contributed by atoms with Crippen LogP contribution in [0.4, 0.5) is 4.39 Å². The highest BCUT2D eigenvalue weighted by Gasteiger charge is 2.20. The fraction of sp³-hybridized carbons (Fsp3) is 0.158. The van der Waals surface area contributed by atoms with Crippen LogP contribution in [-0.2, 0) is 18.3 Å². The van der Waals surface area contributed by atoms with Gasteiger partial charge in [0, 0.05) is 33.7 Å². The molecule has 3 aromatic rings. The normalized spacial score (nSPS) is 11.0. The van der Waals surface area contributed by atoms with Gasteiger partial charge in [-0.3, -0.25) is 9.59 Å².